The van der Waals surface area contributed by atoms with Crippen LogP contribution in [-0.4, -0.2) is 39.0 Å². The minimum atomic E-state index is -0.415. The van der Waals surface area contributed by atoms with Crippen molar-refractivity contribution in [1.29, 1.82) is 0 Å². The van der Waals surface area contributed by atoms with Crippen molar-refractivity contribution < 1.29 is 10.0 Å². The lowest BCUT2D eigenvalue weighted by atomic mass is 10.2. The van der Waals surface area contributed by atoms with E-state index in [0.717, 1.165) is 10.9 Å². The second-order valence-electron chi connectivity index (χ2n) is 4.81. The average Bonchev–Trinajstić information content (AvgIpc) is 2.95. The number of hydrogen-bond donors (Lipinski definition) is 1. The molecule has 1 unspecified atom stereocenters. The third-order valence-electron chi connectivity index (χ3n) is 3.54. The molecule has 2 aromatic rings. The predicted octanol–water partition coefficient (Wildman–Crippen LogP) is 1.05. The molecular weight excluding hydrogens is 248 g/mol. The molecule has 7 nitrogen and oxygen atoms in total. The fourth-order valence-corrected chi connectivity index (χ4v) is 2.54. The first-order chi connectivity index (χ1) is 9.06. The number of nitrogens with zero attached hydrogens (tertiary/aromatic N) is 4. The van der Waals surface area contributed by atoms with Crippen LogP contribution in [0.5, 0.6) is 0 Å². The van der Waals surface area contributed by atoms with Gasteiger partial charge in [-0.25, -0.2) is 0 Å². The van der Waals surface area contributed by atoms with E-state index in [1.54, 1.807) is 30.1 Å². The summed E-state index contributed by atoms with van der Waals surface area (Å²) in [6.07, 6.45) is 1.84. The van der Waals surface area contributed by atoms with Gasteiger partial charge < -0.3 is 10.0 Å². The van der Waals surface area contributed by atoms with Gasteiger partial charge >= 0.3 is 0 Å². The first kappa shape index (κ1) is 11.9. The van der Waals surface area contributed by atoms with Gasteiger partial charge in [0.05, 0.1) is 22.7 Å². The third-order valence-corrected chi connectivity index (χ3v) is 3.54. The highest BCUT2D eigenvalue weighted by molar-refractivity contribution is 5.88. The summed E-state index contributed by atoms with van der Waals surface area (Å²) in [6.45, 7) is 1.07. The summed E-state index contributed by atoms with van der Waals surface area (Å²) in [7, 11) is 1.80. The van der Waals surface area contributed by atoms with Gasteiger partial charge in [0.15, 0.2) is 0 Å². The molecule has 1 saturated heterocycles. The third kappa shape index (κ3) is 1.91. The van der Waals surface area contributed by atoms with Crippen LogP contribution in [0.25, 0.3) is 10.9 Å². The van der Waals surface area contributed by atoms with Crippen molar-refractivity contribution in [2.24, 2.45) is 7.05 Å². The maximum absolute atomic E-state index is 11.2. The Morgan fingerprint density at radius 3 is 2.95 bits per heavy atom. The van der Waals surface area contributed by atoms with E-state index in [1.165, 1.54) is 0 Å². The quantitative estimate of drug-likeness (QED) is 0.646. The van der Waals surface area contributed by atoms with Gasteiger partial charge in [0.1, 0.15) is 5.69 Å². The molecule has 3 rings (SSSR count). The lowest BCUT2D eigenvalue weighted by Gasteiger charge is -2.17. The Morgan fingerprint density at radius 2 is 2.32 bits per heavy atom. The Balaban J connectivity index is 2.16. The molecular formula is C12H14N4O3. The summed E-state index contributed by atoms with van der Waals surface area (Å²) in [5, 5.41) is 25.6. The SMILES string of the molecule is Cn1ncc2cc([N+](=O)[O-])c(N3CCC(O)C3)cc21. The van der Waals surface area contributed by atoms with Crippen LogP contribution >= 0.6 is 0 Å². The Labute approximate surface area is 109 Å². The van der Waals surface area contributed by atoms with E-state index in [-0.39, 0.29) is 10.6 Å². The molecule has 0 spiro atoms. The highest BCUT2D eigenvalue weighted by atomic mass is 16.6. The standard InChI is InChI=1S/C12H14N4O3/c1-14-10-5-11(15-3-2-9(17)7-15)12(16(18)19)4-8(10)6-13-14/h4-6,9,17H,2-3,7H2,1H3. The van der Waals surface area contributed by atoms with Gasteiger partial charge in [-0.1, -0.05) is 0 Å². The van der Waals surface area contributed by atoms with Gasteiger partial charge in [0.2, 0.25) is 0 Å². The first-order valence-electron chi connectivity index (χ1n) is 6.09. The monoisotopic (exact) mass is 262 g/mol. The molecule has 0 saturated carbocycles. The van der Waals surface area contributed by atoms with Crippen molar-refractivity contribution in [3.63, 3.8) is 0 Å². The lowest BCUT2D eigenvalue weighted by molar-refractivity contribution is -0.384. The summed E-state index contributed by atoms with van der Waals surface area (Å²) >= 11 is 0. The van der Waals surface area contributed by atoms with Crippen LogP contribution in [0.4, 0.5) is 11.4 Å². The molecule has 0 bridgehead atoms. The second-order valence-corrected chi connectivity index (χ2v) is 4.81. The van der Waals surface area contributed by atoms with Gasteiger partial charge in [0, 0.05) is 31.6 Å². The van der Waals surface area contributed by atoms with Gasteiger partial charge in [-0.3, -0.25) is 14.8 Å². The molecule has 1 fully saturated rings. The van der Waals surface area contributed by atoms with Crippen molar-refractivity contribution in [1.82, 2.24) is 9.78 Å². The summed E-state index contributed by atoms with van der Waals surface area (Å²) in [5.41, 5.74) is 1.47. The number of nitro groups is 1. The Kier molecular flexibility index (Phi) is 2.63. The van der Waals surface area contributed by atoms with Crippen molar-refractivity contribution in [2.75, 3.05) is 18.0 Å². The molecule has 7 heteroatoms. The number of β-amino-alcohol motifs (C(OH)–C–C–N with tert-alkyl or cyclic N) is 1. The Bertz CT molecular complexity index is 652. The molecule has 1 aliphatic rings. The number of aryl methyl sites for hydroxylation is 1. The highest BCUT2D eigenvalue weighted by Gasteiger charge is 2.27. The number of fused-ring (bicyclic) bond motifs is 1. The molecule has 0 aliphatic carbocycles. The molecule has 100 valence electrons. The van der Waals surface area contributed by atoms with Gasteiger partial charge in [-0.05, 0) is 12.5 Å². The summed E-state index contributed by atoms with van der Waals surface area (Å²) in [6, 6.07) is 3.32. The number of aliphatic hydroxyl groups is 1. The van der Waals surface area contributed by atoms with Crippen molar-refractivity contribution in [3.05, 3.63) is 28.4 Å². The average molecular weight is 262 g/mol. The molecule has 2 heterocycles. The fraction of sp³-hybridized carbons (Fsp3) is 0.417. The number of rotatable bonds is 2. The smallest absolute Gasteiger partial charge is 0.293 e. The number of aromatic nitrogens is 2. The predicted molar refractivity (Wildman–Crippen MR) is 70.2 cm³/mol. The minimum Gasteiger partial charge on any atom is -0.391 e. The number of hydrogen-bond acceptors (Lipinski definition) is 5. The topological polar surface area (TPSA) is 84.4 Å². The van der Waals surface area contributed by atoms with Gasteiger partial charge in [-0.2, -0.15) is 5.10 Å². The zero-order chi connectivity index (χ0) is 13.6. The van der Waals surface area contributed by atoms with Crippen LogP contribution in [0.15, 0.2) is 18.3 Å². The van der Waals surface area contributed by atoms with Crippen LogP contribution in [0, 0.1) is 10.1 Å². The van der Waals surface area contributed by atoms with E-state index in [1.807, 2.05) is 4.90 Å². The highest BCUT2D eigenvalue weighted by Crippen LogP contribution is 2.34. The van der Waals surface area contributed by atoms with E-state index in [4.69, 9.17) is 0 Å². The van der Waals surface area contributed by atoms with E-state index in [0.29, 0.717) is 25.2 Å². The molecule has 1 N–H and O–H groups in total. The molecule has 1 atom stereocenters. The largest absolute Gasteiger partial charge is 0.391 e. The molecule has 19 heavy (non-hydrogen) atoms. The van der Waals surface area contributed by atoms with E-state index in [2.05, 4.69) is 5.10 Å². The molecule has 0 radical (unpaired) electrons. The molecule has 1 aromatic heterocycles. The van der Waals surface area contributed by atoms with Crippen LogP contribution in [0.3, 0.4) is 0 Å². The van der Waals surface area contributed by atoms with E-state index >= 15 is 0 Å². The van der Waals surface area contributed by atoms with Crippen LogP contribution < -0.4 is 4.90 Å². The van der Waals surface area contributed by atoms with Crippen molar-refractivity contribution in [3.8, 4) is 0 Å². The number of nitro benzene ring substituents is 1. The van der Waals surface area contributed by atoms with Gasteiger partial charge in [0.25, 0.3) is 5.69 Å². The number of aliphatic hydroxyl groups excluding tert-OH is 1. The number of anilines is 1. The zero-order valence-corrected chi connectivity index (χ0v) is 10.5. The normalized spacial score (nSPS) is 19.3. The van der Waals surface area contributed by atoms with Crippen LogP contribution in [-0.2, 0) is 7.05 Å². The van der Waals surface area contributed by atoms with E-state index in [9.17, 15) is 15.2 Å². The second kappa shape index (κ2) is 4.20. The fourth-order valence-electron chi connectivity index (χ4n) is 2.54. The zero-order valence-electron chi connectivity index (χ0n) is 10.5. The molecule has 1 aliphatic heterocycles. The molecule has 0 amide bonds. The minimum absolute atomic E-state index is 0.0644. The van der Waals surface area contributed by atoms with E-state index < -0.39 is 6.10 Å². The summed E-state index contributed by atoms with van der Waals surface area (Å²) in [4.78, 5) is 12.7. The van der Waals surface area contributed by atoms with Crippen molar-refractivity contribution >= 4 is 22.3 Å². The lowest BCUT2D eigenvalue weighted by Crippen LogP contribution is -2.22. The first-order valence-corrected chi connectivity index (χ1v) is 6.09. The summed E-state index contributed by atoms with van der Waals surface area (Å²) < 4.78 is 1.69. The Hall–Kier alpha value is -2.15. The van der Waals surface area contributed by atoms with Gasteiger partial charge in [-0.15, -0.1) is 0 Å². The maximum atomic E-state index is 11.2. The van der Waals surface area contributed by atoms with Crippen LogP contribution in [0.2, 0.25) is 0 Å². The maximum Gasteiger partial charge on any atom is 0.293 e. The van der Waals surface area contributed by atoms with Crippen molar-refractivity contribution in [2.45, 2.75) is 12.5 Å². The van der Waals surface area contributed by atoms with Crippen LogP contribution in [0.1, 0.15) is 6.42 Å². The molecule has 1 aromatic carbocycles. The number of benzene rings is 1. The Morgan fingerprint density at radius 1 is 1.53 bits per heavy atom. The summed E-state index contributed by atoms with van der Waals surface area (Å²) in [5.74, 6) is 0.